The Bertz CT molecular complexity index is 600. The molecule has 0 heterocycles. The van der Waals surface area contributed by atoms with Crippen LogP contribution < -0.4 is 15.4 Å². The van der Waals surface area contributed by atoms with Crippen LogP contribution >= 0.6 is 0 Å². The first-order valence-electron chi connectivity index (χ1n) is 7.75. The van der Waals surface area contributed by atoms with Gasteiger partial charge in [-0.3, -0.25) is 4.79 Å². The number of rotatable bonds is 7. The molecule has 0 spiro atoms. The summed E-state index contributed by atoms with van der Waals surface area (Å²) in [4.78, 5) is 22.8. The molecule has 0 bridgehead atoms. The van der Waals surface area contributed by atoms with Crippen LogP contribution in [0.25, 0.3) is 0 Å². The Labute approximate surface area is 142 Å². The highest BCUT2D eigenvalue weighted by Gasteiger charge is 2.29. The summed E-state index contributed by atoms with van der Waals surface area (Å²) in [6.45, 7) is -0.123. The summed E-state index contributed by atoms with van der Waals surface area (Å²) in [6.07, 6.45) is -3.72. The van der Waals surface area contributed by atoms with Crippen LogP contribution in [-0.4, -0.2) is 37.4 Å². The van der Waals surface area contributed by atoms with Crippen molar-refractivity contribution < 1.29 is 32.2 Å². The molecule has 1 aromatic rings. The molecular formula is C16H19F3N2O4. The number of nitrogens with one attached hydrogen (secondary N) is 2. The summed E-state index contributed by atoms with van der Waals surface area (Å²) in [5.41, 5.74) is 0.652. The molecule has 0 saturated heterocycles. The van der Waals surface area contributed by atoms with E-state index in [1.165, 1.54) is 0 Å². The van der Waals surface area contributed by atoms with Crippen LogP contribution in [0, 0.1) is 0 Å². The first-order valence-corrected chi connectivity index (χ1v) is 7.75. The van der Waals surface area contributed by atoms with Gasteiger partial charge in [0, 0.05) is 6.04 Å². The van der Waals surface area contributed by atoms with E-state index in [9.17, 15) is 22.8 Å². The molecule has 138 valence electrons. The largest absolute Gasteiger partial charge is 0.484 e. The van der Waals surface area contributed by atoms with E-state index in [-0.39, 0.29) is 18.6 Å². The molecule has 0 unspecified atom stereocenters. The number of amides is 2. The zero-order valence-electron chi connectivity index (χ0n) is 13.6. The third-order valence-electron chi connectivity index (χ3n) is 3.39. The van der Waals surface area contributed by atoms with E-state index in [0.29, 0.717) is 11.3 Å². The molecule has 2 rings (SSSR count). The topological polar surface area (TPSA) is 76.7 Å². The molecule has 1 aliphatic rings. The Morgan fingerprint density at radius 2 is 1.88 bits per heavy atom. The fourth-order valence-electron chi connectivity index (χ4n) is 1.95. The number of benzene rings is 1. The summed E-state index contributed by atoms with van der Waals surface area (Å²) in [5, 5.41) is 5.09. The van der Waals surface area contributed by atoms with Gasteiger partial charge in [-0.2, -0.15) is 13.2 Å². The lowest BCUT2D eigenvalue weighted by atomic mass is 10.1. The maximum absolute atomic E-state index is 12.0. The Morgan fingerprint density at radius 1 is 1.24 bits per heavy atom. The lowest BCUT2D eigenvalue weighted by Crippen LogP contribution is -2.31. The van der Waals surface area contributed by atoms with E-state index < -0.39 is 24.9 Å². The summed E-state index contributed by atoms with van der Waals surface area (Å²) in [6, 6.07) is 6.22. The molecule has 1 atom stereocenters. The molecule has 6 nitrogen and oxygen atoms in total. The van der Waals surface area contributed by atoms with Crippen LogP contribution in [-0.2, 0) is 9.53 Å². The van der Waals surface area contributed by atoms with Crippen LogP contribution in [0.2, 0.25) is 0 Å². The first kappa shape index (κ1) is 18.9. The van der Waals surface area contributed by atoms with Crippen LogP contribution in [0.3, 0.4) is 0 Å². The Balaban J connectivity index is 1.75. The van der Waals surface area contributed by atoms with Crippen LogP contribution in [0.5, 0.6) is 5.75 Å². The SMILES string of the molecule is C[C@@H](NC(=O)OCC(F)(F)F)c1ccc(OCC(=O)NC2CC2)cc1. The normalized spacial score (nSPS) is 15.2. The highest BCUT2D eigenvalue weighted by atomic mass is 19.4. The number of halogens is 3. The highest BCUT2D eigenvalue weighted by Crippen LogP contribution is 2.20. The Kier molecular flexibility index (Phi) is 6.11. The molecule has 9 heteroatoms. The number of carbonyl (C=O) groups is 2. The van der Waals surface area contributed by atoms with Crippen LogP contribution in [0.4, 0.5) is 18.0 Å². The van der Waals surface area contributed by atoms with Crippen molar-refractivity contribution in [2.45, 2.75) is 38.0 Å². The first-order chi connectivity index (χ1) is 11.7. The van der Waals surface area contributed by atoms with Crippen molar-refractivity contribution in [2.75, 3.05) is 13.2 Å². The number of alkyl carbamates (subject to hydrolysis) is 1. The predicted octanol–water partition coefficient (Wildman–Crippen LogP) is 2.69. The third kappa shape index (κ3) is 7.32. The average molecular weight is 360 g/mol. The van der Waals surface area contributed by atoms with Crippen molar-refractivity contribution in [1.29, 1.82) is 0 Å². The molecule has 2 amide bonds. The van der Waals surface area contributed by atoms with Gasteiger partial charge in [-0.25, -0.2) is 4.79 Å². The Morgan fingerprint density at radius 3 is 2.44 bits per heavy atom. The maximum Gasteiger partial charge on any atom is 0.422 e. The molecule has 2 N–H and O–H groups in total. The number of hydrogen-bond acceptors (Lipinski definition) is 4. The van der Waals surface area contributed by atoms with E-state index in [2.05, 4.69) is 15.4 Å². The second kappa shape index (κ2) is 8.09. The second-order valence-electron chi connectivity index (χ2n) is 5.76. The number of hydrogen-bond donors (Lipinski definition) is 2. The van der Waals surface area contributed by atoms with Gasteiger partial charge < -0.3 is 20.1 Å². The molecule has 1 saturated carbocycles. The minimum absolute atomic E-state index is 0.0899. The quantitative estimate of drug-likeness (QED) is 0.784. The summed E-state index contributed by atoms with van der Waals surface area (Å²) < 4.78 is 45.3. The third-order valence-corrected chi connectivity index (χ3v) is 3.39. The van der Waals surface area contributed by atoms with Crippen molar-refractivity contribution in [1.82, 2.24) is 10.6 Å². The molecule has 0 radical (unpaired) electrons. The van der Waals surface area contributed by atoms with Gasteiger partial charge in [0.25, 0.3) is 5.91 Å². The molecule has 25 heavy (non-hydrogen) atoms. The van der Waals surface area contributed by atoms with Gasteiger partial charge >= 0.3 is 12.3 Å². The van der Waals surface area contributed by atoms with Gasteiger partial charge in [-0.15, -0.1) is 0 Å². The predicted molar refractivity (Wildman–Crippen MR) is 82.1 cm³/mol. The van der Waals surface area contributed by atoms with Crippen LogP contribution in [0.1, 0.15) is 31.4 Å². The summed E-state index contributed by atoms with van der Waals surface area (Å²) in [5.74, 6) is 0.288. The van der Waals surface area contributed by atoms with E-state index in [4.69, 9.17) is 4.74 Å². The molecular weight excluding hydrogens is 341 g/mol. The highest BCUT2D eigenvalue weighted by molar-refractivity contribution is 5.78. The lowest BCUT2D eigenvalue weighted by Gasteiger charge is -2.15. The Hall–Kier alpha value is -2.45. The minimum atomic E-state index is -4.56. The van der Waals surface area contributed by atoms with Crippen LogP contribution in [0.15, 0.2) is 24.3 Å². The molecule has 0 aliphatic heterocycles. The van der Waals surface area contributed by atoms with Gasteiger partial charge in [0.15, 0.2) is 13.2 Å². The monoisotopic (exact) mass is 360 g/mol. The van der Waals surface area contributed by atoms with Crippen molar-refractivity contribution in [3.05, 3.63) is 29.8 Å². The fourth-order valence-corrected chi connectivity index (χ4v) is 1.95. The standard InChI is InChI=1S/C16H19F3N2O4/c1-10(20-15(23)25-9-16(17,18)19)11-2-6-13(7-3-11)24-8-14(22)21-12-4-5-12/h2-3,6-7,10,12H,4-5,8-9H2,1H3,(H,20,23)(H,21,22)/t10-/m1/s1. The second-order valence-corrected chi connectivity index (χ2v) is 5.76. The van der Waals surface area contributed by atoms with E-state index in [1.54, 1.807) is 31.2 Å². The summed E-state index contributed by atoms with van der Waals surface area (Å²) >= 11 is 0. The maximum atomic E-state index is 12.0. The summed E-state index contributed by atoms with van der Waals surface area (Å²) in [7, 11) is 0. The van der Waals surface area contributed by atoms with E-state index in [1.807, 2.05) is 0 Å². The average Bonchev–Trinajstić information content (AvgIpc) is 3.34. The van der Waals surface area contributed by atoms with Gasteiger partial charge in [0.05, 0.1) is 6.04 Å². The molecule has 0 aromatic heterocycles. The van der Waals surface area contributed by atoms with Gasteiger partial charge in [0.1, 0.15) is 5.75 Å². The molecule has 1 fully saturated rings. The minimum Gasteiger partial charge on any atom is -0.484 e. The molecule has 1 aliphatic carbocycles. The van der Waals surface area contributed by atoms with Gasteiger partial charge in [-0.05, 0) is 37.5 Å². The number of alkyl halides is 3. The van der Waals surface area contributed by atoms with Crippen molar-refractivity contribution in [3.8, 4) is 5.75 Å². The van der Waals surface area contributed by atoms with Crippen molar-refractivity contribution in [2.24, 2.45) is 0 Å². The van der Waals surface area contributed by atoms with E-state index >= 15 is 0 Å². The zero-order chi connectivity index (χ0) is 18.4. The fraction of sp³-hybridized carbons (Fsp3) is 0.500. The van der Waals surface area contributed by atoms with E-state index in [0.717, 1.165) is 12.8 Å². The van der Waals surface area contributed by atoms with Gasteiger partial charge in [-0.1, -0.05) is 12.1 Å². The number of ether oxygens (including phenoxy) is 2. The smallest absolute Gasteiger partial charge is 0.422 e. The molecule has 1 aromatic carbocycles. The van der Waals surface area contributed by atoms with Gasteiger partial charge in [0.2, 0.25) is 0 Å². The lowest BCUT2D eigenvalue weighted by molar-refractivity contribution is -0.160. The zero-order valence-corrected chi connectivity index (χ0v) is 13.6. The van der Waals surface area contributed by atoms with Crippen molar-refractivity contribution >= 4 is 12.0 Å². The number of carbonyl (C=O) groups excluding carboxylic acids is 2. The van der Waals surface area contributed by atoms with Crippen molar-refractivity contribution in [3.63, 3.8) is 0 Å².